The quantitative estimate of drug-likeness (QED) is 0.824. The molecule has 2 aliphatic heterocycles. The van der Waals surface area contributed by atoms with Crippen molar-refractivity contribution in [1.82, 2.24) is 24.9 Å². The molecular weight excluding hydrogens is 294 g/mol. The van der Waals surface area contributed by atoms with Crippen molar-refractivity contribution >= 4 is 5.91 Å². The van der Waals surface area contributed by atoms with Crippen molar-refractivity contribution in [3.8, 4) is 0 Å². The topological polar surface area (TPSA) is 65.7 Å². The molecular formula is C16H27N5O2. The first-order chi connectivity index (χ1) is 11.0. The number of aryl methyl sites for hydroxylation is 1. The lowest BCUT2D eigenvalue weighted by atomic mass is 9.86. The summed E-state index contributed by atoms with van der Waals surface area (Å²) in [4.78, 5) is 19.0. The van der Waals surface area contributed by atoms with Gasteiger partial charge in [-0.3, -0.25) is 14.6 Å². The molecule has 0 unspecified atom stereocenters. The van der Waals surface area contributed by atoms with Gasteiger partial charge in [0.1, 0.15) is 0 Å². The Morgan fingerprint density at radius 1 is 1.22 bits per heavy atom. The van der Waals surface area contributed by atoms with Gasteiger partial charge < -0.3 is 9.32 Å². The third kappa shape index (κ3) is 3.40. The molecule has 0 aliphatic carbocycles. The van der Waals surface area contributed by atoms with Crippen LogP contribution >= 0.6 is 0 Å². The van der Waals surface area contributed by atoms with Gasteiger partial charge >= 0.3 is 0 Å². The van der Waals surface area contributed by atoms with E-state index in [4.69, 9.17) is 4.42 Å². The van der Waals surface area contributed by atoms with Crippen LogP contribution in [0.2, 0.25) is 0 Å². The lowest BCUT2D eigenvalue weighted by Gasteiger charge is -2.49. The van der Waals surface area contributed by atoms with Crippen molar-refractivity contribution < 1.29 is 9.21 Å². The van der Waals surface area contributed by atoms with E-state index < -0.39 is 0 Å². The molecule has 0 N–H and O–H groups in total. The van der Waals surface area contributed by atoms with Gasteiger partial charge in [0.25, 0.3) is 0 Å². The number of rotatable bonds is 3. The summed E-state index contributed by atoms with van der Waals surface area (Å²) in [6.07, 6.45) is 2.60. The predicted molar refractivity (Wildman–Crippen MR) is 85.8 cm³/mol. The summed E-state index contributed by atoms with van der Waals surface area (Å²) < 4.78 is 5.53. The van der Waals surface area contributed by atoms with Crippen LogP contribution in [0.25, 0.3) is 0 Å². The molecule has 0 aromatic carbocycles. The van der Waals surface area contributed by atoms with E-state index in [9.17, 15) is 4.79 Å². The third-order valence-corrected chi connectivity index (χ3v) is 5.39. The fourth-order valence-corrected chi connectivity index (χ4v) is 3.84. The summed E-state index contributed by atoms with van der Waals surface area (Å²) >= 11 is 0. The van der Waals surface area contributed by atoms with Crippen molar-refractivity contribution in [1.29, 1.82) is 0 Å². The molecule has 3 rings (SSSR count). The molecule has 1 spiro atoms. The average molecular weight is 321 g/mol. The first-order valence-electron chi connectivity index (χ1n) is 8.53. The van der Waals surface area contributed by atoms with Crippen molar-refractivity contribution in [3.63, 3.8) is 0 Å². The molecule has 1 aromatic rings. The molecule has 0 radical (unpaired) electrons. The number of carbonyl (C=O) groups excluding carboxylic acids is 1. The Balaban J connectivity index is 1.71. The molecule has 2 fully saturated rings. The molecule has 3 heterocycles. The van der Waals surface area contributed by atoms with E-state index in [0.29, 0.717) is 30.7 Å². The summed E-state index contributed by atoms with van der Waals surface area (Å²) in [5.41, 5.74) is 0.0763. The number of aromatic nitrogens is 2. The summed E-state index contributed by atoms with van der Waals surface area (Å²) in [5.74, 6) is 1.59. The lowest BCUT2D eigenvalue weighted by molar-refractivity contribution is -0.130. The van der Waals surface area contributed by atoms with E-state index >= 15 is 0 Å². The maximum absolute atomic E-state index is 12.2. The van der Waals surface area contributed by atoms with Crippen LogP contribution in [0.4, 0.5) is 0 Å². The number of hydrogen-bond acceptors (Lipinski definition) is 6. The van der Waals surface area contributed by atoms with E-state index in [1.165, 1.54) is 0 Å². The number of nitrogens with zero attached hydrogens (tertiary/aromatic N) is 5. The molecule has 7 nitrogen and oxygen atoms in total. The maximum atomic E-state index is 12.2. The van der Waals surface area contributed by atoms with E-state index in [0.717, 1.165) is 45.6 Å². The molecule has 1 aromatic heterocycles. The maximum Gasteiger partial charge on any atom is 0.230 e. The second kappa shape index (κ2) is 6.57. The Bertz CT molecular complexity index is 560. The molecule has 1 atom stereocenters. The molecule has 1 amide bonds. The smallest absolute Gasteiger partial charge is 0.230 e. The van der Waals surface area contributed by atoms with Gasteiger partial charge in [-0.1, -0.05) is 0 Å². The Kier molecular flexibility index (Phi) is 4.68. The van der Waals surface area contributed by atoms with Crippen LogP contribution < -0.4 is 0 Å². The largest absolute Gasteiger partial charge is 0.424 e. The third-order valence-electron chi connectivity index (χ3n) is 5.39. The van der Waals surface area contributed by atoms with Crippen LogP contribution in [0.1, 0.15) is 38.0 Å². The Morgan fingerprint density at radius 3 is 2.74 bits per heavy atom. The van der Waals surface area contributed by atoms with Crippen LogP contribution in [0, 0.1) is 6.92 Å². The minimum absolute atomic E-state index is 0.0763. The standard InChI is InChI=1S/C16H27N5O2/c1-4-21-8-7-16(6-5-15(21)22)12-20(10-9-19(16)3)11-14-18-17-13(2)23-14/h4-12H2,1-3H3/t16-/m1/s1. The molecule has 0 bridgehead atoms. The average Bonchev–Trinajstić information content (AvgIpc) is 2.86. The van der Waals surface area contributed by atoms with E-state index in [1.54, 1.807) is 0 Å². The highest BCUT2D eigenvalue weighted by Gasteiger charge is 2.42. The minimum Gasteiger partial charge on any atom is -0.424 e. The van der Waals surface area contributed by atoms with Crippen LogP contribution in [-0.2, 0) is 11.3 Å². The highest BCUT2D eigenvalue weighted by Crippen LogP contribution is 2.32. The van der Waals surface area contributed by atoms with Crippen molar-refractivity contribution in [2.75, 3.05) is 39.8 Å². The highest BCUT2D eigenvalue weighted by molar-refractivity contribution is 5.76. The van der Waals surface area contributed by atoms with Gasteiger partial charge in [0.2, 0.25) is 17.7 Å². The van der Waals surface area contributed by atoms with E-state index in [-0.39, 0.29) is 5.54 Å². The normalized spacial score (nSPS) is 27.6. The van der Waals surface area contributed by atoms with Gasteiger partial charge in [0.05, 0.1) is 6.54 Å². The fraction of sp³-hybridized carbons (Fsp3) is 0.812. The van der Waals surface area contributed by atoms with Crippen LogP contribution in [0.15, 0.2) is 4.42 Å². The summed E-state index contributed by atoms with van der Waals surface area (Å²) in [7, 11) is 2.19. The Morgan fingerprint density at radius 2 is 2.04 bits per heavy atom. The highest BCUT2D eigenvalue weighted by atomic mass is 16.4. The van der Waals surface area contributed by atoms with Crippen LogP contribution in [0.5, 0.6) is 0 Å². The van der Waals surface area contributed by atoms with Crippen LogP contribution in [0.3, 0.4) is 0 Å². The molecule has 23 heavy (non-hydrogen) atoms. The van der Waals surface area contributed by atoms with Gasteiger partial charge in [-0.15, -0.1) is 10.2 Å². The molecule has 2 saturated heterocycles. The zero-order valence-electron chi connectivity index (χ0n) is 14.4. The monoisotopic (exact) mass is 321 g/mol. The second-order valence-electron chi connectivity index (χ2n) is 6.79. The lowest BCUT2D eigenvalue weighted by Crippen LogP contribution is -2.60. The van der Waals surface area contributed by atoms with E-state index in [2.05, 4.69) is 34.0 Å². The van der Waals surface area contributed by atoms with Gasteiger partial charge in [0, 0.05) is 51.6 Å². The zero-order valence-corrected chi connectivity index (χ0v) is 14.4. The SMILES string of the molecule is CCN1CC[C@]2(CCC1=O)CN(Cc1nnc(C)o1)CCN2C. The first-order valence-corrected chi connectivity index (χ1v) is 8.53. The molecule has 2 aliphatic rings. The summed E-state index contributed by atoms with van der Waals surface area (Å²) in [5, 5.41) is 8.03. The number of carbonyl (C=O) groups is 1. The number of piperazine rings is 1. The number of likely N-dealkylation sites (tertiary alicyclic amines) is 1. The zero-order chi connectivity index (χ0) is 16.4. The van der Waals surface area contributed by atoms with Gasteiger partial charge in [-0.2, -0.15) is 0 Å². The number of amides is 1. The van der Waals surface area contributed by atoms with E-state index in [1.807, 2.05) is 11.8 Å². The van der Waals surface area contributed by atoms with Crippen LogP contribution in [-0.4, -0.2) is 76.1 Å². The summed E-state index contributed by atoms with van der Waals surface area (Å²) in [6.45, 7) is 9.19. The Labute approximate surface area is 137 Å². The van der Waals surface area contributed by atoms with Gasteiger partial charge in [-0.25, -0.2) is 0 Å². The van der Waals surface area contributed by atoms with Crippen molar-refractivity contribution in [3.05, 3.63) is 11.8 Å². The van der Waals surface area contributed by atoms with Gasteiger partial charge in [-0.05, 0) is 26.8 Å². The predicted octanol–water partition coefficient (Wildman–Crippen LogP) is 0.897. The Hall–Kier alpha value is -1.47. The molecule has 128 valence electrons. The second-order valence-corrected chi connectivity index (χ2v) is 6.79. The van der Waals surface area contributed by atoms with Crippen molar-refractivity contribution in [2.45, 2.75) is 45.2 Å². The number of likely N-dealkylation sites (N-methyl/N-ethyl adjacent to an activating group) is 1. The summed E-state index contributed by atoms with van der Waals surface area (Å²) in [6, 6.07) is 0. The minimum atomic E-state index is 0.0763. The fourth-order valence-electron chi connectivity index (χ4n) is 3.84. The number of hydrogen-bond donors (Lipinski definition) is 0. The van der Waals surface area contributed by atoms with Gasteiger partial charge in [0.15, 0.2) is 0 Å². The van der Waals surface area contributed by atoms with Crippen molar-refractivity contribution in [2.24, 2.45) is 0 Å². The molecule has 0 saturated carbocycles. The molecule has 7 heteroatoms. The first kappa shape index (κ1) is 16.4.